The van der Waals surface area contributed by atoms with Gasteiger partial charge >= 0.3 is 0 Å². The van der Waals surface area contributed by atoms with Gasteiger partial charge < -0.3 is 5.73 Å². The normalized spacial score (nSPS) is 12.5. The molecule has 1 atom stereocenters. The van der Waals surface area contributed by atoms with Crippen LogP contribution in [-0.4, -0.2) is 0 Å². The van der Waals surface area contributed by atoms with Gasteiger partial charge in [-0.2, -0.15) is 0 Å². The molecule has 2 aromatic carbocycles. The van der Waals surface area contributed by atoms with Crippen LogP contribution in [0.25, 0.3) is 0 Å². The Morgan fingerprint density at radius 3 is 2.42 bits per heavy atom. The molecule has 0 saturated carbocycles. The molecule has 0 amide bonds. The maximum atomic E-state index is 13.9. The van der Waals surface area contributed by atoms with Gasteiger partial charge in [-0.3, -0.25) is 0 Å². The van der Waals surface area contributed by atoms with Gasteiger partial charge in [0.15, 0.2) is 0 Å². The van der Waals surface area contributed by atoms with E-state index in [0.29, 0.717) is 10.6 Å². The lowest BCUT2D eigenvalue weighted by Gasteiger charge is -2.16. The largest absolute Gasteiger partial charge is 0.320 e. The molecule has 1 unspecified atom stereocenters. The average molecular weight is 408 g/mol. The van der Waals surface area contributed by atoms with Crippen LogP contribution >= 0.6 is 43.5 Å². The van der Waals surface area contributed by atoms with E-state index >= 15 is 0 Å². The van der Waals surface area contributed by atoms with Crippen molar-refractivity contribution in [2.24, 2.45) is 5.73 Å². The zero-order valence-electron chi connectivity index (χ0n) is 10.1. The SMILES string of the molecule is Cc1cc(Br)c(C(N)c2ccc(Cl)cc2F)cc1Br. The number of nitrogens with two attached hydrogens (primary N) is 1. The summed E-state index contributed by atoms with van der Waals surface area (Å²) in [5.41, 5.74) is 8.47. The van der Waals surface area contributed by atoms with E-state index in [1.807, 2.05) is 19.1 Å². The van der Waals surface area contributed by atoms with Crippen LogP contribution in [-0.2, 0) is 0 Å². The molecule has 0 heterocycles. The fourth-order valence-corrected chi connectivity index (χ4v) is 3.05. The van der Waals surface area contributed by atoms with Crippen LogP contribution < -0.4 is 5.73 Å². The smallest absolute Gasteiger partial charge is 0.129 e. The molecule has 0 aliphatic rings. The Bertz CT molecular complexity index is 631. The van der Waals surface area contributed by atoms with Gasteiger partial charge in [0.1, 0.15) is 5.82 Å². The molecule has 0 spiro atoms. The highest BCUT2D eigenvalue weighted by atomic mass is 79.9. The van der Waals surface area contributed by atoms with Gasteiger partial charge in [0, 0.05) is 19.5 Å². The predicted molar refractivity (Wildman–Crippen MR) is 84.0 cm³/mol. The summed E-state index contributed by atoms with van der Waals surface area (Å²) in [7, 11) is 0. The van der Waals surface area contributed by atoms with E-state index in [-0.39, 0.29) is 0 Å². The van der Waals surface area contributed by atoms with Crippen LogP contribution in [0.15, 0.2) is 39.3 Å². The Hall–Kier alpha value is -0.420. The van der Waals surface area contributed by atoms with Crippen molar-refractivity contribution < 1.29 is 4.39 Å². The molecule has 0 bridgehead atoms. The van der Waals surface area contributed by atoms with Crippen LogP contribution in [0.2, 0.25) is 5.02 Å². The second-order valence-corrected chi connectivity index (χ2v) is 6.41. The van der Waals surface area contributed by atoms with Crippen LogP contribution in [0.5, 0.6) is 0 Å². The third-order valence-electron chi connectivity index (χ3n) is 2.91. The van der Waals surface area contributed by atoms with Gasteiger partial charge in [-0.1, -0.05) is 49.5 Å². The Labute approximate surface area is 133 Å². The molecule has 0 radical (unpaired) electrons. The molecule has 0 aliphatic carbocycles. The van der Waals surface area contributed by atoms with Gasteiger partial charge in [-0.05, 0) is 42.3 Å². The number of hydrogen-bond acceptors (Lipinski definition) is 1. The molecule has 0 aromatic heterocycles. The molecule has 0 saturated heterocycles. The number of benzene rings is 2. The van der Waals surface area contributed by atoms with Crippen LogP contribution in [0.4, 0.5) is 4.39 Å². The topological polar surface area (TPSA) is 26.0 Å². The minimum atomic E-state index is -0.552. The molecule has 19 heavy (non-hydrogen) atoms. The first kappa shape index (κ1) is 15.0. The number of aryl methyl sites for hydroxylation is 1. The lowest BCUT2D eigenvalue weighted by molar-refractivity contribution is 0.599. The third kappa shape index (κ3) is 3.19. The van der Waals surface area contributed by atoms with Crippen molar-refractivity contribution in [1.82, 2.24) is 0 Å². The summed E-state index contributed by atoms with van der Waals surface area (Å²) in [5, 5.41) is 0.359. The van der Waals surface area contributed by atoms with Crippen molar-refractivity contribution in [3.63, 3.8) is 0 Å². The maximum absolute atomic E-state index is 13.9. The maximum Gasteiger partial charge on any atom is 0.129 e. The first-order valence-electron chi connectivity index (χ1n) is 5.56. The minimum Gasteiger partial charge on any atom is -0.320 e. The van der Waals surface area contributed by atoms with Crippen LogP contribution in [0.3, 0.4) is 0 Å². The van der Waals surface area contributed by atoms with Crippen molar-refractivity contribution in [2.45, 2.75) is 13.0 Å². The number of rotatable bonds is 2. The standard InChI is InChI=1S/C14H11Br2ClFN/c1-7-4-12(16)10(6-11(7)15)14(19)9-3-2-8(17)5-13(9)18/h2-6,14H,19H2,1H3. The minimum absolute atomic E-state index is 0.359. The zero-order chi connectivity index (χ0) is 14.2. The van der Waals surface area contributed by atoms with Gasteiger partial charge in [0.05, 0.1) is 6.04 Å². The summed E-state index contributed by atoms with van der Waals surface area (Å²) in [5.74, 6) is -0.399. The summed E-state index contributed by atoms with van der Waals surface area (Å²) in [6.07, 6.45) is 0. The number of hydrogen-bond donors (Lipinski definition) is 1. The van der Waals surface area contributed by atoms with Crippen molar-refractivity contribution in [2.75, 3.05) is 0 Å². The lowest BCUT2D eigenvalue weighted by Crippen LogP contribution is -2.14. The number of halogens is 4. The molecular formula is C14H11Br2ClFN. The monoisotopic (exact) mass is 405 g/mol. The average Bonchev–Trinajstić information content (AvgIpc) is 2.33. The highest BCUT2D eigenvalue weighted by Gasteiger charge is 2.17. The van der Waals surface area contributed by atoms with E-state index in [1.54, 1.807) is 12.1 Å². The molecule has 1 nitrogen and oxygen atoms in total. The summed E-state index contributed by atoms with van der Waals surface area (Å²) in [4.78, 5) is 0. The summed E-state index contributed by atoms with van der Waals surface area (Å²) < 4.78 is 15.7. The zero-order valence-corrected chi connectivity index (χ0v) is 14.0. The lowest BCUT2D eigenvalue weighted by atomic mass is 9.98. The molecule has 5 heteroatoms. The second-order valence-electron chi connectivity index (χ2n) is 4.27. The summed E-state index contributed by atoms with van der Waals surface area (Å²) in [6.45, 7) is 1.98. The first-order chi connectivity index (χ1) is 8.90. The third-order valence-corrected chi connectivity index (χ3v) is 4.69. The van der Waals surface area contributed by atoms with Crippen molar-refractivity contribution in [1.29, 1.82) is 0 Å². The van der Waals surface area contributed by atoms with E-state index < -0.39 is 11.9 Å². The van der Waals surface area contributed by atoms with Crippen molar-refractivity contribution >= 4 is 43.5 Å². The molecular weight excluding hydrogens is 396 g/mol. The van der Waals surface area contributed by atoms with Gasteiger partial charge in [-0.15, -0.1) is 0 Å². The molecule has 2 N–H and O–H groups in total. The van der Waals surface area contributed by atoms with Gasteiger partial charge in [0.25, 0.3) is 0 Å². The van der Waals surface area contributed by atoms with Crippen LogP contribution in [0.1, 0.15) is 22.7 Å². The van der Waals surface area contributed by atoms with E-state index in [4.69, 9.17) is 17.3 Å². The van der Waals surface area contributed by atoms with E-state index in [2.05, 4.69) is 31.9 Å². The Morgan fingerprint density at radius 1 is 1.11 bits per heavy atom. The van der Waals surface area contributed by atoms with Crippen molar-refractivity contribution in [3.05, 3.63) is 66.8 Å². The summed E-state index contributed by atoms with van der Waals surface area (Å²) in [6, 6.07) is 7.82. The molecule has 0 aliphatic heterocycles. The van der Waals surface area contributed by atoms with E-state index in [0.717, 1.165) is 20.1 Å². The fourth-order valence-electron chi connectivity index (χ4n) is 1.82. The predicted octanol–water partition coefficient (Wildman–Crippen LogP) is 5.36. The quantitative estimate of drug-likeness (QED) is 0.713. The first-order valence-corrected chi connectivity index (χ1v) is 7.52. The summed E-state index contributed by atoms with van der Waals surface area (Å²) >= 11 is 12.7. The Morgan fingerprint density at radius 2 is 1.79 bits per heavy atom. The highest BCUT2D eigenvalue weighted by Crippen LogP contribution is 2.33. The van der Waals surface area contributed by atoms with E-state index in [9.17, 15) is 4.39 Å². The van der Waals surface area contributed by atoms with Gasteiger partial charge in [-0.25, -0.2) is 4.39 Å². The molecule has 0 fully saturated rings. The fraction of sp³-hybridized carbons (Fsp3) is 0.143. The van der Waals surface area contributed by atoms with Crippen LogP contribution in [0, 0.1) is 12.7 Å². The molecule has 2 aromatic rings. The Balaban J connectivity index is 2.49. The van der Waals surface area contributed by atoms with Gasteiger partial charge in [0.2, 0.25) is 0 Å². The Kier molecular flexibility index (Phi) is 4.66. The highest BCUT2D eigenvalue weighted by molar-refractivity contribution is 9.11. The second kappa shape index (κ2) is 5.92. The van der Waals surface area contributed by atoms with E-state index in [1.165, 1.54) is 6.07 Å². The van der Waals surface area contributed by atoms with Crippen molar-refractivity contribution in [3.8, 4) is 0 Å². The molecule has 100 valence electrons. The molecule has 2 rings (SSSR count).